The normalized spacial score (nSPS) is 14.6. The van der Waals surface area contributed by atoms with Crippen LogP contribution in [0.4, 0.5) is 5.69 Å². The smallest absolute Gasteiger partial charge is 0.272 e. The molecule has 0 spiro atoms. The second kappa shape index (κ2) is 8.20. The quantitative estimate of drug-likeness (QED) is 0.442. The molecule has 2 aliphatic rings. The van der Waals surface area contributed by atoms with Crippen LogP contribution in [0.3, 0.4) is 0 Å². The fraction of sp³-hybridized carbons (Fsp3) is 0.292. The fourth-order valence-corrected chi connectivity index (χ4v) is 6.23. The highest BCUT2D eigenvalue weighted by Gasteiger charge is 2.26. The van der Waals surface area contributed by atoms with Crippen molar-refractivity contribution in [2.24, 2.45) is 0 Å². The maximum Gasteiger partial charge on any atom is 0.272 e. The molecule has 0 saturated carbocycles. The lowest BCUT2D eigenvalue weighted by molar-refractivity contribution is -0.116. The van der Waals surface area contributed by atoms with E-state index >= 15 is 0 Å². The van der Waals surface area contributed by atoms with Crippen molar-refractivity contribution in [2.45, 2.75) is 36.7 Å². The zero-order valence-corrected chi connectivity index (χ0v) is 19.2. The first-order chi connectivity index (χ1) is 15.0. The highest BCUT2D eigenvalue weighted by atomic mass is 32.2. The van der Waals surface area contributed by atoms with Crippen molar-refractivity contribution >= 4 is 35.1 Å². The molecule has 0 atom stereocenters. The predicted octanol–water partition coefficient (Wildman–Crippen LogP) is 4.18. The van der Waals surface area contributed by atoms with Gasteiger partial charge in [0.15, 0.2) is 5.16 Å². The molecule has 0 unspecified atom stereocenters. The van der Waals surface area contributed by atoms with E-state index in [-0.39, 0.29) is 17.2 Å². The number of nitrogens with zero attached hydrogens (tertiary/aromatic N) is 3. The van der Waals surface area contributed by atoms with Crippen LogP contribution in [0.15, 0.2) is 57.3 Å². The van der Waals surface area contributed by atoms with Gasteiger partial charge in [0.1, 0.15) is 0 Å². The average Bonchev–Trinajstić information content (AvgIpc) is 3.38. The summed E-state index contributed by atoms with van der Waals surface area (Å²) in [7, 11) is 0. The maximum atomic E-state index is 13.4. The number of thioether (sulfide) groups is 2. The Morgan fingerprint density at radius 3 is 2.71 bits per heavy atom. The Hall–Kier alpha value is -2.51. The number of anilines is 1. The van der Waals surface area contributed by atoms with E-state index in [2.05, 4.69) is 12.1 Å². The largest absolute Gasteiger partial charge is 0.311 e. The topological polar surface area (TPSA) is 55.2 Å². The van der Waals surface area contributed by atoms with Crippen molar-refractivity contribution in [3.8, 4) is 5.69 Å². The number of aryl methyl sites for hydroxylation is 3. The average molecular weight is 450 g/mol. The lowest BCUT2D eigenvalue weighted by Crippen LogP contribution is -2.31. The lowest BCUT2D eigenvalue weighted by Gasteiger charge is -2.18. The summed E-state index contributed by atoms with van der Waals surface area (Å²) in [5.41, 5.74) is 6.04. The van der Waals surface area contributed by atoms with E-state index < -0.39 is 0 Å². The molecule has 7 heteroatoms. The van der Waals surface area contributed by atoms with Gasteiger partial charge >= 0.3 is 0 Å². The second-order valence-electron chi connectivity index (χ2n) is 7.97. The van der Waals surface area contributed by atoms with Gasteiger partial charge in [0, 0.05) is 24.4 Å². The van der Waals surface area contributed by atoms with E-state index in [1.165, 1.54) is 17.3 Å². The summed E-state index contributed by atoms with van der Waals surface area (Å²) >= 11 is 2.93. The van der Waals surface area contributed by atoms with Gasteiger partial charge in [0.25, 0.3) is 5.56 Å². The van der Waals surface area contributed by atoms with Crippen molar-refractivity contribution in [2.75, 3.05) is 23.0 Å². The number of carbonyl (C=O) groups is 1. The molecule has 0 bridgehead atoms. The number of rotatable bonds is 4. The van der Waals surface area contributed by atoms with Gasteiger partial charge in [-0.3, -0.25) is 14.2 Å². The third-order valence-corrected chi connectivity index (χ3v) is 7.67. The van der Waals surface area contributed by atoms with Crippen molar-refractivity contribution < 1.29 is 4.79 Å². The summed E-state index contributed by atoms with van der Waals surface area (Å²) in [6, 6.07) is 14.2. The van der Waals surface area contributed by atoms with Gasteiger partial charge in [-0.15, -0.1) is 11.8 Å². The molecule has 1 aromatic heterocycles. The molecule has 0 radical (unpaired) electrons. The number of benzene rings is 2. The molecule has 158 valence electrons. The van der Waals surface area contributed by atoms with Crippen LogP contribution in [-0.4, -0.2) is 33.5 Å². The van der Waals surface area contributed by atoms with Gasteiger partial charge in [-0.2, -0.15) is 0 Å². The Morgan fingerprint density at radius 2 is 1.90 bits per heavy atom. The van der Waals surface area contributed by atoms with Crippen LogP contribution in [0.5, 0.6) is 0 Å². The molecular formula is C24H23N3O2S2. The minimum absolute atomic E-state index is 0.0287. The molecule has 0 N–H and O–H groups in total. The molecule has 5 rings (SSSR count). The van der Waals surface area contributed by atoms with Crippen LogP contribution < -0.4 is 10.5 Å². The van der Waals surface area contributed by atoms with Crippen LogP contribution in [0.2, 0.25) is 0 Å². The molecule has 0 saturated heterocycles. The highest BCUT2D eigenvalue weighted by Crippen LogP contribution is 2.32. The molecule has 0 aliphatic carbocycles. The minimum atomic E-state index is -0.0287. The molecular weight excluding hydrogens is 426 g/mol. The Bertz CT molecular complexity index is 1230. The van der Waals surface area contributed by atoms with Crippen LogP contribution in [0.1, 0.15) is 22.4 Å². The molecule has 31 heavy (non-hydrogen) atoms. The predicted molar refractivity (Wildman–Crippen MR) is 127 cm³/mol. The Labute approximate surface area is 189 Å². The zero-order chi connectivity index (χ0) is 21.5. The van der Waals surface area contributed by atoms with Crippen LogP contribution in [-0.2, 0) is 17.6 Å². The Balaban J connectivity index is 1.49. The summed E-state index contributed by atoms with van der Waals surface area (Å²) in [5.74, 6) is 1.17. The summed E-state index contributed by atoms with van der Waals surface area (Å²) in [4.78, 5) is 33.8. The van der Waals surface area contributed by atoms with Crippen LogP contribution in [0, 0.1) is 13.8 Å². The first-order valence-corrected chi connectivity index (χ1v) is 12.4. The molecule has 3 heterocycles. The maximum absolute atomic E-state index is 13.4. The van der Waals surface area contributed by atoms with Crippen molar-refractivity contribution in [1.29, 1.82) is 0 Å². The Morgan fingerprint density at radius 1 is 1.13 bits per heavy atom. The van der Waals surface area contributed by atoms with Gasteiger partial charge in [0.05, 0.1) is 22.0 Å². The summed E-state index contributed by atoms with van der Waals surface area (Å²) in [6.07, 6.45) is 1.68. The summed E-state index contributed by atoms with van der Waals surface area (Å²) in [6.45, 7) is 4.76. The van der Waals surface area contributed by atoms with E-state index in [1.807, 2.05) is 49.1 Å². The number of aromatic nitrogens is 2. The fourth-order valence-electron chi connectivity index (χ4n) is 4.30. The number of amides is 1. The zero-order valence-electron chi connectivity index (χ0n) is 17.6. The van der Waals surface area contributed by atoms with Crippen molar-refractivity contribution in [3.05, 3.63) is 75.2 Å². The highest BCUT2D eigenvalue weighted by molar-refractivity contribution is 8.00. The molecule has 5 nitrogen and oxygen atoms in total. The third-order valence-electron chi connectivity index (χ3n) is 5.64. The number of hydrogen-bond donors (Lipinski definition) is 0. The number of fused-ring (bicyclic) bond motifs is 2. The standard InChI is InChI=1S/C24H23N3O2S2/c1-15-11-16(2)13-18(12-15)27-23(29)22-19(8-10-30-22)25-24(27)31-14-21(28)26-9-7-17-5-3-4-6-20(17)26/h3-6,11-13H,7-10,14H2,1-2H3. The molecule has 1 amide bonds. The monoisotopic (exact) mass is 449 g/mol. The third kappa shape index (κ3) is 3.81. The lowest BCUT2D eigenvalue weighted by atomic mass is 10.1. The van der Waals surface area contributed by atoms with Crippen molar-refractivity contribution in [3.63, 3.8) is 0 Å². The van der Waals surface area contributed by atoms with Gasteiger partial charge in [-0.25, -0.2) is 4.98 Å². The number of hydrogen-bond acceptors (Lipinski definition) is 5. The molecule has 0 fully saturated rings. The van der Waals surface area contributed by atoms with Gasteiger partial charge < -0.3 is 4.90 Å². The van der Waals surface area contributed by atoms with Crippen LogP contribution >= 0.6 is 23.5 Å². The first-order valence-electron chi connectivity index (χ1n) is 10.4. The molecule has 3 aromatic rings. The Kier molecular flexibility index (Phi) is 5.40. The number of para-hydroxylation sites is 1. The van der Waals surface area contributed by atoms with Gasteiger partial charge in [-0.1, -0.05) is 36.0 Å². The van der Waals surface area contributed by atoms with E-state index in [0.717, 1.165) is 51.7 Å². The van der Waals surface area contributed by atoms with Crippen LogP contribution in [0.25, 0.3) is 5.69 Å². The summed E-state index contributed by atoms with van der Waals surface area (Å²) < 4.78 is 1.69. The van der Waals surface area contributed by atoms with E-state index in [0.29, 0.717) is 11.7 Å². The van der Waals surface area contributed by atoms with E-state index in [9.17, 15) is 9.59 Å². The van der Waals surface area contributed by atoms with Gasteiger partial charge in [0.2, 0.25) is 5.91 Å². The van der Waals surface area contributed by atoms with E-state index in [4.69, 9.17) is 4.98 Å². The minimum Gasteiger partial charge on any atom is -0.311 e. The molecule has 2 aromatic carbocycles. The second-order valence-corrected chi connectivity index (χ2v) is 10.0. The summed E-state index contributed by atoms with van der Waals surface area (Å²) in [5, 5.41) is 0.595. The van der Waals surface area contributed by atoms with Gasteiger partial charge in [-0.05, 0) is 55.2 Å². The number of carbonyl (C=O) groups excluding carboxylic acids is 1. The van der Waals surface area contributed by atoms with E-state index in [1.54, 1.807) is 16.3 Å². The van der Waals surface area contributed by atoms with Crippen molar-refractivity contribution in [1.82, 2.24) is 9.55 Å². The molecule has 2 aliphatic heterocycles. The first kappa shape index (κ1) is 20.4. The SMILES string of the molecule is Cc1cc(C)cc(-n2c(SCC(=O)N3CCc4ccccc43)nc3c(c2=O)SCC3)c1.